The smallest absolute Gasteiger partial charge is 0.325 e. The minimum atomic E-state index is -1.16. The zero-order valence-electron chi connectivity index (χ0n) is 18.4. The molecule has 0 aromatic rings. The van der Waals surface area contributed by atoms with Gasteiger partial charge in [-0.3, -0.25) is 19.2 Å². The molecule has 0 bridgehead atoms. The van der Waals surface area contributed by atoms with E-state index in [2.05, 4.69) is 16.0 Å². The summed E-state index contributed by atoms with van der Waals surface area (Å²) in [5.41, 5.74) is 5.92. The van der Waals surface area contributed by atoms with Crippen LogP contribution in [0.15, 0.2) is 0 Å². The third-order valence-electron chi connectivity index (χ3n) is 4.28. The Hall–Kier alpha value is -1.46. The molecule has 4 unspecified atom stereocenters. The number of hydrogen-bond donors (Lipinski definition) is 5. The number of hydrogen-bond acceptors (Lipinski definition) is 7. The Bertz CT molecular complexity index is 577. The van der Waals surface area contributed by atoms with E-state index in [1.165, 1.54) is 30.4 Å². The minimum absolute atomic E-state index is 0.236. The van der Waals surface area contributed by atoms with Gasteiger partial charge in [0.25, 0.3) is 0 Å². The molecule has 0 aromatic carbocycles. The lowest BCUT2D eigenvalue weighted by Crippen LogP contribution is -2.57. The average Bonchev–Trinajstić information content (AvgIpc) is 2.66. The Labute approximate surface area is 187 Å². The van der Waals surface area contributed by atoms with Gasteiger partial charge in [0.1, 0.15) is 18.1 Å². The Balaban J connectivity index is 5.23. The molecule has 0 rings (SSSR count). The standard InChI is InChI=1S/C19H36N4O5S2/c1-11(2)10-13(20)16(24)22-15(7-9-30-5)18(26)23-14(6-8-29-4)17(25)21-12(3)19(27)28/h11-15H,6-10,20H2,1-5H3,(H,21,25)(H,22,24)(H,23,26)(H,27,28). The summed E-state index contributed by atoms with van der Waals surface area (Å²) in [6.45, 7) is 5.27. The second-order valence-corrected chi connectivity index (χ2v) is 9.46. The SMILES string of the molecule is CSCCC(NC(=O)C(N)CC(C)C)C(=O)NC(CCSC)C(=O)NC(C)C(=O)O. The van der Waals surface area contributed by atoms with Gasteiger partial charge in [0.15, 0.2) is 0 Å². The van der Waals surface area contributed by atoms with Gasteiger partial charge < -0.3 is 26.8 Å². The quantitative estimate of drug-likeness (QED) is 0.234. The maximum atomic E-state index is 12.8. The number of carbonyl (C=O) groups excluding carboxylic acids is 3. The van der Waals surface area contributed by atoms with Crippen LogP contribution in [0.5, 0.6) is 0 Å². The molecule has 3 amide bonds. The zero-order valence-corrected chi connectivity index (χ0v) is 20.0. The number of nitrogens with two attached hydrogens (primary N) is 1. The highest BCUT2D eigenvalue weighted by Gasteiger charge is 2.29. The molecular weight excluding hydrogens is 428 g/mol. The van der Waals surface area contributed by atoms with Gasteiger partial charge in [-0.15, -0.1) is 0 Å². The number of carboxylic acid groups (broad SMARTS) is 1. The summed E-state index contributed by atoms with van der Waals surface area (Å²) in [5, 5.41) is 16.7. The maximum Gasteiger partial charge on any atom is 0.325 e. The van der Waals surface area contributed by atoms with E-state index in [1.54, 1.807) is 0 Å². The van der Waals surface area contributed by atoms with Crippen molar-refractivity contribution in [3.8, 4) is 0 Å². The van der Waals surface area contributed by atoms with Crippen LogP contribution in [-0.4, -0.2) is 77.0 Å². The fraction of sp³-hybridized carbons (Fsp3) is 0.789. The van der Waals surface area contributed by atoms with Crippen LogP contribution in [0, 0.1) is 5.92 Å². The van der Waals surface area contributed by atoms with Gasteiger partial charge in [0.2, 0.25) is 17.7 Å². The van der Waals surface area contributed by atoms with Crippen molar-refractivity contribution in [1.82, 2.24) is 16.0 Å². The predicted molar refractivity (Wildman–Crippen MR) is 123 cm³/mol. The normalized spacial score (nSPS) is 15.0. The first-order valence-electron chi connectivity index (χ1n) is 9.90. The van der Waals surface area contributed by atoms with E-state index in [1.807, 2.05) is 26.4 Å². The number of nitrogens with one attached hydrogen (secondary N) is 3. The molecule has 0 heterocycles. The summed E-state index contributed by atoms with van der Waals surface area (Å²) in [7, 11) is 0. The molecule has 0 aromatic heterocycles. The average molecular weight is 465 g/mol. The van der Waals surface area contributed by atoms with Crippen molar-refractivity contribution in [2.24, 2.45) is 11.7 Å². The van der Waals surface area contributed by atoms with Gasteiger partial charge in [0, 0.05) is 0 Å². The molecule has 6 N–H and O–H groups in total. The van der Waals surface area contributed by atoms with Gasteiger partial charge in [-0.2, -0.15) is 23.5 Å². The Kier molecular flexibility index (Phi) is 14.6. The minimum Gasteiger partial charge on any atom is -0.480 e. The van der Waals surface area contributed by atoms with E-state index in [0.717, 1.165) is 0 Å². The number of carbonyl (C=O) groups is 4. The number of carboxylic acids is 1. The van der Waals surface area contributed by atoms with Crippen LogP contribution in [0.2, 0.25) is 0 Å². The lowest BCUT2D eigenvalue weighted by Gasteiger charge is -2.25. The summed E-state index contributed by atoms with van der Waals surface area (Å²) in [6, 6.07) is -3.52. The Morgan fingerprint density at radius 2 is 1.27 bits per heavy atom. The van der Waals surface area contributed by atoms with Crippen molar-refractivity contribution >= 4 is 47.2 Å². The summed E-state index contributed by atoms with van der Waals surface area (Å²) < 4.78 is 0. The van der Waals surface area contributed by atoms with E-state index in [-0.39, 0.29) is 5.92 Å². The van der Waals surface area contributed by atoms with E-state index >= 15 is 0 Å². The van der Waals surface area contributed by atoms with E-state index in [0.29, 0.717) is 30.8 Å². The molecule has 174 valence electrons. The number of amides is 3. The molecule has 0 spiro atoms. The van der Waals surface area contributed by atoms with E-state index < -0.39 is 47.9 Å². The zero-order chi connectivity index (χ0) is 23.3. The van der Waals surface area contributed by atoms with Gasteiger partial charge in [0.05, 0.1) is 6.04 Å². The first-order valence-corrected chi connectivity index (χ1v) is 12.7. The van der Waals surface area contributed by atoms with Crippen LogP contribution < -0.4 is 21.7 Å². The van der Waals surface area contributed by atoms with Crippen LogP contribution in [-0.2, 0) is 19.2 Å². The largest absolute Gasteiger partial charge is 0.480 e. The van der Waals surface area contributed by atoms with E-state index in [9.17, 15) is 19.2 Å². The highest BCUT2D eigenvalue weighted by atomic mass is 32.2. The van der Waals surface area contributed by atoms with Crippen molar-refractivity contribution < 1.29 is 24.3 Å². The Morgan fingerprint density at radius 1 is 0.833 bits per heavy atom. The number of thioether (sulfide) groups is 2. The first kappa shape index (κ1) is 28.5. The third-order valence-corrected chi connectivity index (χ3v) is 5.57. The molecule has 0 aliphatic rings. The highest BCUT2D eigenvalue weighted by Crippen LogP contribution is 2.07. The van der Waals surface area contributed by atoms with E-state index in [4.69, 9.17) is 10.8 Å². The molecular formula is C19H36N4O5S2. The summed E-state index contributed by atoms with van der Waals surface area (Å²) in [5.74, 6) is -1.16. The summed E-state index contributed by atoms with van der Waals surface area (Å²) in [6.07, 6.45) is 4.97. The first-order chi connectivity index (χ1) is 14.0. The molecule has 0 radical (unpaired) electrons. The van der Waals surface area contributed by atoms with Crippen LogP contribution in [0.25, 0.3) is 0 Å². The van der Waals surface area contributed by atoms with Gasteiger partial charge in [-0.25, -0.2) is 0 Å². The van der Waals surface area contributed by atoms with Crippen LogP contribution in [0.3, 0.4) is 0 Å². The second-order valence-electron chi connectivity index (χ2n) is 7.49. The molecule has 0 saturated carbocycles. The highest BCUT2D eigenvalue weighted by molar-refractivity contribution is 7.98. The van der Waals surface area contributed by atoms with Crippen molar-refractivity contribution in [3.63, 3.8) is 0 Å². The van der Waals surface area contributed by atoms with Crippen molar-refractivity contribution in [1.29, 1.82) is 0 Å². The number of rotatable bonds is 15. The van der Waals surface area contributed by atoms with Crippen molar-refractivity contribution in [3.05, 3.63) is 0 Å². The lowest BCUT2D eigenvalue weighted by atomic mass is 10.0. The van der Waals surface area contributed by atoms with Gasteiger partial charge in [-0.1, -0.05) is 13.8 Å². The third kappa shape index (κ3) is 11.7. The van der Waals surface area contributed by atoms with Crippen molar-refractivity contribution in [2.45, 2.75) is 64.2 Å². The summed E-state index contributed by atoms with van der Waals surface area (Å²) >= 11 is 3.04. The van der Waals surface area contributed by atoms with Crippen molar-refractivity contribution in [2.75, 3.05) is 24.0 Å². The molecule has 30 heavy (non-hydrogen) atoms. The second kappa shape index (κ2) is 15.4. The molecule has 0 saturated heterocycles. The van der Waals surface area contributed by atoms with Gasteiger partial charge in [-0.05, 0) is 56.1 Å². The topological polar surface area (TPSA) is 151 Å². The molecule has 11 heteroatoms. The summed E-state index contributed by atoms with van der Waals surface area (Å²) in [4.78, 5) is 48.7. The molecule has 9 nitrogen and oxygen atoms in total. The van der Waals surface area contributed by atoms with Crippen LogP contribution >= 0.6 is 23.5 Å². The van der Waals surface area contributed by atoms with Gasteiger partial charge >= 0.3 is 5.97 Å². The molecule has 0 aliphatic carbocycles. The molecule has 4 atom stereocenters. The maximum absolute atomic E-state index is 12.8. The van der Waals surface area contributed by atoms with Crippen LogP contribution in [0.1, 0.15) is 40.0 Å². The fourth-order valence-corrected chi connectivity index (χ4v) is 3.49. The monoisotopic (exact) mass is 464 g/mol. The molecule has 0 aliphatic heterocycles. The van der Waals surface area contributed by atoms with Crippen LogP contribution in [0.4, 0.5) is 0 Å². The fourth-order valence-electron chi connectivity index (χ4n) is 2.55. The Morgan fingerprint density at radius 3 is 1.67 bits per heavy atom. The predicted octanol–water partition coefficient (Wildman–Crippen LogP) is 0.425. The molecule has 0 fully saturated rings. The lowest BCUT2D eigenvalue weighted by molar-refractivity contribution is -0.141. The number of aliphatic carboxylic acids is 1.